The summed E-state index contributed by atoms with van der Waals surface area (Å²) in [5, 5.41) is 0. The summed E-state index contributed by atoms with van der Waals surface area (Å²) in [6, 6.07) is 0.147. The highest BCUT2D eigenvalue weighted by atomic mass is 15.2. The molecular weight excluding hydrogens is 212 g/mol. The van der Waals surface area contributed by atoms with E-state index in [0.717, 1.165) is 43.9 Å². The predicted octanol–water partition coefficient (Wildman–Crippen LogP) is 1.80. The van der Waals surface area contributed by atoms with Crippen molar-refractivity contribution in [2.75, 3.05) is 18.0 Å². The van der Waals surface area contributed by atoms with E-state index in [2.05, 4.69) is 9.88 Å². The topological polar surface area (TPSA) is 55.0 Å². The minimum absolute atomic E-state index is 0.147. The fourth-order valence-electron chi connectivity index (χ4n) is 2.82. The van der Waals surface area contributed by atoms with E-state index in [1.54, 1.807) is 0 Å². The Morgan fingerprint density at radius 3 is 2.82 bits per heavy atom. The maximum absolute atomic E-state index is 6.08. The molecule has 2 heterocycles. The molecule has 17 heavy (non-hydrogen) atoms. The summed E-state index contributed by atoms with van der Waals surface area (Å²) in [5.74, 6) is 0.914. The molecule has 0 amide bonds. The number of piperidine rings is 1. The summed E-state index contributed by atoms with van der Waals surface area (Å²) in [5.41, 5.74) is 8.43. The van der Waals surface area contributed by atoms with Crippen molar-refractivity contribution in [2.45, 2.75) is 44.6 Å². The molecule has 4 nitrogen and oxygen atoms in total. The monoisotopic (exact) mass is 232 g/mol. The van der Waals surface area contributed by atoms with Crippen LogP contribution in [0.25, 0.3) is 0 Å². The summed E-state index contributed by atoms with van der Waals surface area (Å²) >= 11 is 0. The van der Waals surface area contributed by atoms with Crippen molar-refractivity contribution >= 4 is 5.95 Å². The van der Waals surface area contributed by atoms with E-state index in [4.69, 9.17) is 10.7 Å². The number of aryl methyl sites for hydroxylation is 1. The van der Waals surface area contributed by atoms with E-state index < -0.39 is 0 Å². The van der Waals surface area contributed by atoms with Gasteiger partial charge in [0.25, 0.3) is 0 Å². The van der Waals surface area contributed by atoms with Crippen LogP contribution in [0.2, 0.25) is 0 Å². The summed E-state index contributed by atoms with van der Waals surface area (Å²) in [6.45, 7) is 2.20. The molecule has 1 aliphatic carbocycles. The van der Waals surface area contributed by atoms with Gasteiger partial charge in [0.2, 0.25) is 5.95 Å². The van der Waals surface area contributed by atoms with Crippen molar-refractivity contribution in [3.05, 3.63) is 17.5 Å². The first-order chi connectivity index (χ1) is 8.34. The molecule has 0 spiro atoms. The third kappa shape index (κ3) is 2.14. The van der Waals surface area contributed by atoms with Gasteiger partial charge >= 0.3 is 0 Å². The Hall–Kier alpha value is -1.16. The average Bonchev–Trinajstić information content (AvgIpc) is 2.40. The van der Waals surface area contributed by atoms with Crippen LogP contribution in [0, 0.1) is 0 Å². The lowest BCUT2D eigenvalue weighted by molar-refractivity contribution is 0.543. The van der Waals surface area contributed by atoms with E-state index in [9.17, 15) is 0 Å². The van der Waals surface area contributed by atoms with Gasteiger partial charge < -0.3 is 10.6 Å². The molecule has 1 aliphatic heterocycles. The molecule has 0 radical (unpaired) electrons. The van der Waals surface area contributed by atoms with Gasteiger partial charge in [-0.05, 0) is 38.5 Å². The van der Waals surface area contributed by atoms with Gasteiger partial charge in [0.05, 0.1) is 5.69 Å². The van der Waals surface area contributed by atoms with Crippen LogP contribution in [-0.2, 0) is 6.42 Å². The number of fused-ring (bicyclic) bond motifs is 1. The zero-order valence-corrected chi connectivity index (χ0v) is 10.2. The van der Waals surface area contributed by atoms with Gasteiger partial charge in [-0.15, -0.1) is 0 Å². The molecule has 2 N–H and O–H groups in total. The number of hydrogen-bond acceptors (Lipinski definition) is 4. The lowest BCUT2D eigenvalue weighted by atomic mass is 9.93. The summed E-state index contributed by atoms with van der Waals surface area (Å²) in [6.07, 6.45) is 9.11. The molecular formula is C13H20N4. The molecule has 2 aliphatic rings. The number of nitrogens with zero attached hydrogens (tertiary/aromatic N) is 3. The van der Waals surface area contributed by atoms with Crippen molar-refractivity contribution < 1.29 is 0 Å². The van der Waals surface area contributed by atoms with Crippen molar-refractivity contribution in [1.82, 2.24) is 9.97 Å². The molecule has 3 rings (SSSR count). The summed E-state index contributed by atoms with van der Waals surface area (Å²) in [4.78, 5) is 11.5. The Kier molecular flexibility index (Phi) is 2.97. The van der Waals surface area contributed by atoms with Crippen LogP contribution < -0.4 is 10.6 Å². The number of aromatic nitrogens is 2. The van der Waals surface area contributed by atoms with Gasteiger partial charge in [-0.3, -0.25) is 0 Å². The van der Waals surface area contributed by atoms with Gasteiger partial charge in [-0.1, -0.05) is 0 Å². The molecule has 0 aromatic carbocycles. The van der Waals surface area contributed by atoms with Crippen LogP contribution in [-0.4, -0.2) is 23.1 Å². The maximum Gasteiger partial charge on any atom is 0.225 e. The van der Waals surface area contributed by atoms with Crippen LogP contribution >= 0.6 is 0 Å². The van der Waals surface area contributed by atoms with Crippen molar-refractivity contribution in [1.29, 1.82) is 0 Å². The molecule has 1 aromatic heterocycles. The van der Waals surface area contributed by atoms with Gasteiger partial charge in [0.1, 0.15) is 0 Å². The standard InChI is InChI=1S/C13H20N4/c14-11-5-4-6-12-10(11)9-15-13(16-12)17-7-2-1-3-8-17/h9,11H,1-8,14H2. The van der Waals surface area contributed by atoms with Gasteiger partial charge in [-0.25, -0.2) is 9.97 Å². The minimum atomic E-state index is 0.147. The Bertz CT molecular complexity index is 398. The van der Waals surface area contributed by atoms with Crippen LogP contribution in [0.15, 0.2) is 6.20 Å². The SMILES string of the molecule is NC1CCCc2nc(N3CCCCC3)ncc21. The van der Waals surface area contributed by atoms with Crippen molar-refractivity contribution in [3.63, 3.8) is 0 Å². The molecule has 0 saturated carbocycles. The van der Waals surface area contributed by atoms with Gasteiger partial charge in [-0.2, -0.15) is 0 Å². The predicted molar refractivity (Wildman–Crippen MR) is 68.0 cm³/mol. The summed E-state index contributed by atoms with van der Waals surface area (Å²) < 4.78 is 0. The van der Waals surface area contributed by atoms with Gasteiger partial charge in [0, 0.05) is 30.9 Å². The van der Waals surface area contributed by atoms with Crippen LogP contribution in [0.5, 0.6) is 0 Å². The van der Waals surface area contributed by atoms with Gasteiger partial charge in [0.15, 0.2) is 0 Å². The molecule has 1 aromatic rings. The number of hydrogen-bond donors (Lipinski definition) is 1. The Balaban J connectivity index is 1.86. The number of anilines is 1. The number of nitrogens with two attached hydrogens (primary N) is 1. The van der Waals surface area contributed by atoms with Crippen LogP contribution in [0.4, 0.5) is 5.95 Å². The van der Waals surface area contributed by atoms with Crippen LogP contribution in [0.3, 0.4) is 0 Å². The molecule has 1 saturated heterocycles. The molecule has 1 unspecified atom stereocenters. The first-order valence-corrected chi connectivity index (χ1v) is 6.71. The highest BCUT2D eigenvalue weighted by molar-refractivity contribution is 5.35. The Morgan fingerprint density at radius 1 is 1.18 bits per heavy atom. The van der Waals surface area contributed by atoms with E-state index in [0.29, 0.717) is 0 Å². The highest BCUT2D eigenvalue weighted by Crippen LogP contribution is 2.27. The molecule has 4 heteroatoms. The first kappa shape index (κ1) is 11.0. The zero-order chi connectivity index (χ0) is 11.7. The molecule has 1 fully saturated rings. The normalized spacial score (nSPS) is 24.5. The second-order valence-electron chi connectivity index (χ2n) is 5.12. The Labute approximate surface area is 102 Å². The third-order valence-electron chi connectivity index (χ3n) is 3.85. The van der Waals surface area contributed by atoms with E-state index in [1.165, 1.54) is 25.0 Å². The van der Waals surface area contributed by atoms with Crippen LogP contribution in [0.1, 0.15) is 49.4 Å². The fraction of sp³-hybridized carbons (Fsp3) is 0.692. The second kappa shape index (κ2) is 4.61. The zero-order valence-electron chi connectivity index (χ0n) is 10.2. The third-order valence-corrected chi connectivity index (χ3v) is 3.85. The minimum Gasteiger partial charge on any atom is -0.341 e. The largest absolute Gasteiger partial charge is 0.341 e. The van der Waals surface area contributed by atoms with E-state index >= 15 is 0 Å². The van der Waals surface area contributed by atoms with E-state index in [1.807, 2.05) is 6.20 Å². The molecule has 0 bridgehead atoms. The fourth-order valence-corrected chi connectivity index (χ4v) is 2.82. The molecule has 92 valence electrons. The quantitative estimate of drug-likeness (QED) is 0.802. The smallest absolute Gasteiger partial charge is 0.225 e. The summed E-state index contributed by atoms with van der Waals surface area (Å²) in [7, 11) is 0. The average molecular weight is 232 g/mol. The second-order valence-corrected chi connectivity index (χ2v) is 5.12. The van der Waals surface area contributed by atoms with Crippen molar-refractivity contribution in [2.24, 2.45) is 5.73 Å². The van der Waals surface area contributed by atoms with Crippen molar-refractivity contribution in [3.8, 4) is 0 Å². The Morgan fingerprint density at radius 2 is 2.00 bits per heavy atom. The lowest BCUT2D eigenvalue weighted by Crippen LogP contribution is -2.32. The highest BCUT2D eigenvalue weighted by Gasteiger charge is 2.21. The maximum atomic E-state index is 6.08. The lowest BCUT2D eigenvalue weighted by Gasteiger charge is -2.28. The molecule has 1 atom stereocenters. The number of rotatable bonds is 1. The van der Waals surface area contributed by atoms with E-state index in [-0.39, 0.29) is 6.04 Å². The first-order valence-electron chi connectivity index (χ1n) is 6.71.